The number of nitrogens with zero attached hydrogens (tertiary/aromatic N) is 1. The first kappa shape index (κ1) is 12.6. The fourth-order valence-electron chi connectivity index (χ4n) is 1.68. The van der Waals surface area contributed by atoms with Crippen LogP contribution >= 0.6 is 11.6 Å². The third-order valence-electron chi connectivity index (χ3n) is 2.65. The first-order valence-electron chi connectivity index (χ1n) is 5.48. The van der Waals surface area contributed by atoms with Crippen LogP contribution < -0.4 is 0 Å². The molecule has 0 aliphatic heterocycles. The molecular weight excluding hydrogens is 254 g/mol. The van der Waals surface area contributed by atoms with E-state index in [0.29, 0.717) is 30.3 Å². The molecule has 2 rings (SSSR count). The summed E-state index contributed by atoms with van der Waals surface area (Å²) in [4.78, 5) is 10.1. The van der Waals surface area contributed by atoms with E-state index in [1.165, 1.54) is 0 Å². The van der Waals surface area contributed by atoms with Gasteiger partial charge in [-0.25, -0.2) is 0 Å². The van der Waals surface area contributed by atoms with Crippen LogP contribution in [-0.2, 0) is 16.0 Å². The van der Waals surface area contributed by atoms with Gasteiger partial charge in [0.1, 0.15) is 0 Å². The second-order valence-electron chi connectivity index (χ2n) is 3.81. The molecule has 0 unspecified atom stereocenters. The van der Waals surface area contributed by atoms with Crippen molar-refractivity contribution in [3.8, 4) is 11.3 Å². The van der Waals surface area contributed by atoms with Crippen molar-refractivity contribution in [1.29, 1.82) is 0 Å². The lowest BCUT2D eigenvalue weighted by Gasteiger charge is -1.99. The summed E-state index contributed by atoms with van der Waals surface area (Å²) in [5.74, 6) is 0.716. The molecule has 0 atom stereocenters. The van der Waals surface area contributed by atoms with Gasteiger partial charge in [-0.05, 0) is 31.2 Å². The summed E-state index contributed by atoms with van der Waals surface area (Å²) in [6.45, 7) is 2.66. The van der Waals surface area contributed by atoms with Crippen molar-refractivity contribution in [3.63, 3.8) is 0 Å². The van der Waals surface area contributed by atoms with Gasteiger partial charge in [0.2, 0.25) is 0 Å². The van der Waals surface area contributed by atoms with Crippen molar-refractivity contribution in [3.05, 3.63) is 40.5 Å². The maximum atomic E-state index is 10.1. The lowest BCUT2D eigenvalue weighted by Crippen LogP contribution is -1.98. The molecule has 0 N–H and O–H groups in total. The molecule has 18 heavy (non-hydrogen) atoms. The highest BCUT2D eigenvalue weighted by molar-refractivity contribution is 6.30. The average molecular weight is 266 g/mol. The van der Waals surface area contributed by atoms with Crippen LogP contribution in [0.4, 0.5) is 0 Å². The fraction of sp³-hybridized carbons (Fsp3) is 0.231. The molecule has 0 saturated heterocycles. The highest BCUT2D eigenvalue weighted by Crippen LogP contribution is 2.26. The van der Waals surface area contributed by atoms with Gasteiger partial charge in [-0.3, -0.25) is 4.79 Å². The van der Waals surface area contributed by atoms with Crippen molar-refractivity contribution in [2.45, 2.75) is 13.3 Å². The highest BCUT2D eigenvalue weighted by Gasteiger charge is 2.13. The van der Waals surface area contributed by atoms with Crippen LogP contribution in [0.2, 0.25) is 5.02 Å². The van der Waals surface area contributed by atoms with Crippen molar-refractivity contribution in [2.24, 2.45) is 0 Å². The SMILES string of the molecule is Cc1c(CCOC=O)noc1-c1ccc(Cl)cc1. The lowest BCUT2D eigenvalue weighted by molar-refractivity contribution is -0.128. The molecule has 94 valence electrons. The Morgan fingerprint density at radius 1 is 1.39 bits per heavy atom. The molecule has 1 heterocycles. The molecule has 0 aliphatic carbocycles. The van der Waals surface area contributed by atoms with Crippen LogP contribution in [0, 0.1) is 6.92 Å². The summed E-state index contributed by atoms with van der Waals surface area (Å²) in [5, 5.41) is 4.66. The summed E-state index contributed by atoms with van der Waals surface area (Å²) in [6, 6.07) is 7.35. The van der Waals surface area contributed by atoms with Gasteiger partial charge in [-0.2, -0.15) is 0 Å². The molecule has 2 aromatic rings. The Balaban J connectivity index is 2.19. The summed E-state index contributed by atoms with van der Waals surface area (Å²) in [7, 11) is 0. The minimum Gasteiger partial charge on any atom is -0.467 e. The average Bonchev–Trinajstić information content (AvgIpc) is 2.73. The van der Waals surface area contributed by atoms with Crippen LogP contribution in [0.15, 0.2) is 28.8 Å². The predicted molar refractivity (Wildman–Crippen MR) is 67.4 cm³/mol. The van der Waals surface area contributed by atoms with Crippen LogP contribution in [0.3, 0.4) is 0 Å². The molecule has 0 bridgehead atoms. The van der Waals surface area contributed by atoms with Crippen molar-refractivity contribution in [1.82, 2.24) is 5.16 Å². The third kappa shape index (κ3) is 2.71. The number of carbonyl (C=O) groups is 1. The van der Waals surface area contributed by atoms with E-state index in [2.05, 4.69) is 9.89 Å². The van der Waals surface area contributed by atoms with E-state index in [4.69, 9.17) is 16.1 Å². The summed E-state index contributed by atoms with van der Waals surface area (Å²) in [5.41, 5.74) is 2.67. The molecule has 0 aliphatic rings. The van der Waals surface area contributed by atoms with E-state index in [9.17, 15) is 4.79 Å². The van der Waals surface area contributed by atoms with Gasteiger partial charge < -0.3 is 9.26 Å². The number of benzene rings is 1. The Bertz CT molecular complexity index is 534. The molecule has 1 aromatic heterocycles. The molecule has 1 aromatic carbocycles. The number of carbonyl (C=O) groups excluding carboxylic acids is 1. The van der Waals surface area contributed by atoms with Crippen LogP contribution in [0.25, 0.3) is 11.3 Å². The molecule has 0 fully saturated rings. The third-order valence-corrected chi connectivity index (χ3v) is 2.90. The largest absolute Gasteiger partial charge is 0.467 e. The van der Waals surface area contributed by atoms with Crippen molar-refractivity contribution >= 4 is 18.1 Å². The maximum Gasteiger partial charge on any atom is 0.293 e. The molecule has 4 nitrogen and oxygen atoms in total. The second kappa shape index (κ2) is 5.69. The molecule has 0 spiro atoms. The van der Waals surface area contributed by atoms with E-state index in [-0.39, 0.29) is 0 Å². The first-order chi connectivity index (χ1) is 8.72. The summed E-state index contributed by atoms with van der Waals surface area (Å²) < 4.78 is 9.96. The number of rotatable bonds is 5. The second-order valence-corrected chi connectivity index (χ2v) is 4.24. The zero-order valence-electron chi connectivity index (χ0n) is 9.85. The molecule has 0 saturated carbocycles. The van der Waals surface area contributed by atoms with Crippen molar-refractivity contribution in [2.75, 3.05) is 6.61 Å². The van der Waals surface area contributed by atoms with Gasteiger partial charge in [0.25, 0.3) is 6.47 Å². The first-order valence-corrected chi connectivity index (χ1v) is 5.86. The van der Waals surface area contributed by atoms with Crippen LogP contribution in [0.1, 0.15) is 11.3 Å². The van der Waals surface area contributed by atoms with Crippen LogP contribution in [0.5, 0.6) is 0 Å². The van der Waals surface area contributed by atoms with Gasteiger partial charge in [-0.15, -0.1) is 0 Å². The number of halogens is 1. The predicted octanol–water partition coefficient (Wildman–Crippen LogP) is 3.02. The number of aromatic nitrogens is 1. The summed E-state index contributed by atoms with van der Waals surface area (Å²) in [6.07, 6.45) is 0.543. The molecular formula is C13H12ClNO3. The normalized spacial score (nSPS) is 10.3. The standard InChI is InChI=1S/C13H12ClNO3/c1-9-12(6-7-17-8-16)15-18-13(9)10-2-4-11(14)5-3-10/h2-5,8H,6-7H2,1H3. The number of hydrogen-bond acceptors (Lipinski definition) is 4. The van der Waals surface area contributed by atoms with Gasteiger partial charge in [0.05, 0.1) is 12.3 Å². The Morgan fingerprint density at radius 2 is 2.11 bits per heavy atom. The van der Waals surface area contributed by atoms with E-state index >= 15 is 0 Å². The quantitative estimate of drug-likeness (QED) is 0.616. The monoisotopic (exact) mass is 265 g/mol. The number of ether oxygens (including phenoxy) is 1. The molecule has 5 heteroatoms. The fourth-order valence-corrected chi connectivity index (χ4v) is 1.80. The lowest BCUT2D eigenvalue weighted by atomic mass is 10.1. The Labute approximate surface area is 109 Å². The number of hydrogen-bond donors (Lipinski definition) is 0. The summed E-state index contributed by atoms with van der Waals surface area (Å²) >= 11 is 5.83. The zero-order chi connectivity index (χ0) is 13.0. The highest BCUT2D eigenvalue weighted by atomic mass is 35.5. The zero-order valence-corrected chi connectivity index (χ0v) is 10.6. The van der Waals surface area contributed by atoms with Crippen LogP contribution in [-0.4, -0.2) is 18.2 Å². The van der Waals surface area contributed by atoms with Gasteiger partial charge >= 0.3 is 0 Å². The van der Waals surface area contributed by atoms with E-state index in [1.807, 2.05) is 19.1 Å². The van der Waals surface area contributed by atoms with Crippen molar-refractivity contribution < 1.29 is 14.1 Å². The minimum absolute atomic E-state index is 0.303. The maximum absolute atomic E-state index is 10.1. The van der Waals surface area contributed by atoms with E-state index < -0.39 is 0 Å². The minimum atomic E-state index is 0.303. The molecule has 0 radical (unpaired) electrons. The Kier molecular flexibility index (Phi) is 3.99. The van der Waals surface area contributed by atoms with E-state index in [0.717, 1.165) is 16.8 Å². The Hall–Kier alpha value is -1.81. The van der Waals surface area contributed by atoms with Gasteiger partial charge in [-0.1, -0.05) is 16.8 Å². The molecule has 0 amide bonds. The van der Waals surface area contributed by atoms with E-state index in [1.54, 1.807) is 12.1 Å². The topological polar surface area (TPSA) is 52.3 Å². The smallest absolute Gasteiger partial charge is 0.293 e. The van der Waals surface area contributed by atoms with Gasteiger partial charge in [0, 0.05) is 22.6 Å². The van der Waals surface area contributed by atoms with Gasteiger partial charge in [0.15, 0.2) is 5.76 Å². The Morgan fingerprint density at radius 3 is 2.78 bits per heavy atom.